The molecular weight excluding hydrogens is 975 g/mol. The molecule has 0 aromatic heterocycles. The zero-order chi connectivity index (χ0) is 49.2. The second-order valence-electron chi connectivity index (χ2n) is 19.1. The van der Waals surface area contributed by atoms with Crippen molar-refractivity contribution in [3.8, 4) is 0 Å². The van der Waals surface area contributed by atoms with Gasteiger partial charge in [0.05, 0.1) is 50.8 Å². The molecular formula is C66H68FeO4P2. The Labute approximate surface area is 448 Å². The van der Waals surface area contributed by atoms with Crippen LogP contribution >= 0.6 is 15.8 Å². The van der Waals surface area contributed by atoms with E-state index >= 15 is 0 Å². The van der Waals surface area contributed by atoms with Crippen molar-refractivity contribution < 1.29 is 36.0 Å². The maximum absolute atomic E-state index is 6.76. The molecule has 10 rings (SSSR count). The van der Waals surface area contributed by atoms with Crippen LogP contribution in [0.3, 0.4) is 0 Å². The van der Waals surface area contributed by atoms with Gasteiger partial charge in [0.25, 0.3) is 0 Å². The molecule has 374 valence electrons. The van der Waals surface area contributed by atoms with E-state index in [2.05, 4.69) is 218 Å². The van der Waals surface area contributed by atoms with Gasteiger partial charge < -0.3 is 32.3 Å². The molecule has 7 heteroatoms. The Morgan fingerprint density at radius 3 is 0.562 bits per heavy atom. The van der Waals surface area contributed by atoms with Crippen molar-refractivity contribution in [1.82, 2.24) is 0 Å². The average Bonchev–Trinajstić information content (AvgIpc) is 3.83. The first-order valence-corrected chi connectivity index (χ1v) is 28.8. The Morgan fingerprint density at radius 2 is 0.397 bits per heavy atom. The molecule has 8 unspecified atom stereocenters. The Kier molecular flexibility index (Phi) is 21.2. The number of ether oxygens (including phenoxy) is 4. The summed E-state index contributed by atoms with van der Waals surface area (Å²) in [5.41, 5.74) is 11.5. The van der Waals surface area contributed by atoms with E-state index in [-0.39, 0.29) is 41.5 Å². The van der Waals surface area contributed by atoms with Crippen LogP contribution in [0.15, 0.2) is 243 Å². The van der Waals surface area contributed by atoms with E-state index in [1.54, 1.807) is 0 Å². The molecule has 0 saturated carbocycles. The topological polar surface area (TPSA) is 36.9 Å². The monoisotopic (exact) mass is 1040 g/mol. The van der Waals surface area contributed by atoms with Gasteiger partial charge in [0.2, 0.25) is 0 Å². The van der Waals surface area contributed by atoms with Crippen molar-refractivity contribution in [2.24, 2.45) is 0 Å². The summed E-state index contributed by atoms with van der Waals surface area (Å²) in [6, 6.07) is 85.0. The number of hydrogen-bond donors (Lipinski definition) is 0. The van der Waals surface area contributed by atoms with Gasteiger partial charge in [0.1, 0.15) is 0 Å². The van der Waals surface area contributed by atoms with Crippen LogP contribution in [-0.4, -0.2) is 47.1 Å². The minimum Gasteiger partial charge on any atom is -0.370 e. The fourth-order valence-corrected chi connectivity index (χ4v) is 15.7. The average molecular weight is 1040 g/mol. The van der Waals surface area contributed by atoms with Gasteiger partial charge in [0, 0.05) is 0 Å². The Morgan fingerprint density at radius 1 is 0.247 bits per heavy atom. The van der Waals surface area contributed by atoms with E-state index in [1.807, 2.05) is 24.3 Å². The fraction of sp³-hybridized carbons (Fsp3) is 0.242. The van der Waals surface area contributed by atoms with Gasteiger partial charge in [-0.2, -0.15) is 0 Å². The zero-order valence-electron chi connectivity index (χ0n) is 41.7. The Hall–Kier alpha value is -5.02. The molecule has 0 spiro atoms. The van der Waals surface area contributed by atoms with Crippen molar-refractivity contribution in [2.75, 3.05) is 0 Å². The molecule has 0 bridgehead atoms. The van der Waals surface area contributed by atoms with Crippen molar-refractivity contribution in [2.45, 2.75) is 99.2 Å². The van der Waals surface area contributed by atoms with E-state index in [4.69, 9.17) is 32.3 Å². The molecule has 2 aliphatic rings. The SMILES string of the molecule is [CH2-]P1C(Cc2ccccc2)C(OCc2ccccc2)C(OCc2ccccc2)C1Cc1ccccc1.[CH2-]P1C(Cc2ccccc2)C(OCc2ccccc2)C(OCc2ccccc2)C1Cc1ccccc1.[Fe+2]. The smallest absolute Gasteiger partial charge is 0.370 e. The number of rotatable bonds is 20. The van der Waals surface area contributed by atoms with Crippen LogP contribution in [0, 0.1) is 13.3 Å². The molecule has 0 aliphatic carbocycles. The van der Waals surface area contributed by atoms with Crippen LogP contribution in [0.4, 0.5) is 0 Å². The van der Waals surface area contributed by atoms with Crippen LogP contribution in [0.2, 0.25) is 0 Å². The predicted octanol–water partition coefficient (Wildman–Crippen LogP) is 15.3. The van der Waals surface area contributed by atoms with Gasteiger partial charge in [-0.3, -0.25) is 15.8 Å². The molecule has 0 amide bonds. The minimum absolute atomic E-state index is 0. The third kappa shape index (κ3) is 15.5. The summed E-state index contributed by atoms with van der Waals surface area (Å²) < 4.78 is 27.1. The van der Waals surface area contributed by atoms with Crippen LogP contribution in [0.1, 0.15) is 44.5 Å². The van der Waals surface area contributed by atoms with E-state index in [9.17, 15) is 0 Å². The molecule has 4 nitrogen and oxygen atoms in total. The summed E-state index contributed by atoms with van der Waals surface area (Å²) in [5, 5.41) is 0. The molecule has 8 aromatic rings. The number of hydrogen-bond acceptors (Lipinski definition) is 4. The minimum atomic E-state index is -0.579. The Bertz CT molecular complexity index is 2340. The summed E-state index contributed by atoms with van der Waals surface area (Å²) in [4.78, 5) is 0. The molecule has 8 atom stereocenters. The molecule has 73 heavy (non-hydrogen) atoms. The van der Waals surface area contributed by atoms with Gasteiger partial charge in [0.15, 0.2) is 0 Å². The van der Waals surface area contributed by atoms with Gasteiger partial charge in [-0.15, -0.1) is 0 Å². The first kappa shape index (κ1) is 54.2. The van der Waals surface area contributed by atoms with Crippen molar-refractivity contribution >= 4 is 15.8 Å². The normalized spacial score (nSPS) is 23.2. The molecule has 2 aliphatic heterocycles. The maximum Gasteiger partial charge on any atom is 2.00 e. The zero-order valence-corrected chi connectivity index (χ0v) is 44.6. The number of benzene rings is 8. The molecule has 0 N–H and O–H groups in total. The van der Waals surface area contributed by atoms with Crippen molar-refractivity contribution in [3.63, 3.8) is 0 Å². The van der Waals surface area contributed by atoms with E-state index < -0.39 is 15.8 Å². The first-order valence-electron chi connectivity index (χ1n) is 25.5. The van der Waals surface area contributed by atoms with Crippen LogP contribution in [0.25, 0.3) is 0 Å². The fourth-order valence-electron chi connectivity index (χ4n) is 10.4. The third-order valence-corrected chi connectivity index (χ3v) is 19.5. The van der Waals surface area contributed by atoms with Gasteiger partial charge >= 0.3 is 17.1 Å². The van der Waals surface area contributed by atoms with E-state index in [0.29, 0.717) is 49.1 Å². The first-order chi connectivity index (χ1) is 35.6. The van der Waals surface area contributed by atoms with E-state index in [0.717, 1.165) is 25.7 Å². The summed E-state index contributed by atoms with van der Waals surface area (Å²) in [6.45, 7) is 12.0. The largest absolute Gasteiger partial charge is 2.00 e. The summed E-state index contributed by atoms with van der Waals surface area (Å²) in [6.07, 6.45) is 3.83. The summed E-state index contributed by atoms with van der Waals surface area (Å²) in [5.74, 6) is 0. The maximum atomic E-state index is 6.76. The molecule has 2 fully saturated rings. The second kappa shape index (κ2) is 28.6. The molecule has 8 aromatic carbocycles. The second-order valence-corrected chi connectivity index (χ2v) is 23.8. The van der Waals surface area contributed by atoms with E-state index in [1.165, 1.54) is 44.5 Å². The van der Waals surface area contributed by atoms with Crippen molar-refractivity contribution in [1.29, 1.82) is 0 Å². The third-order valence-electron chi connectivity index (χ3n) is 14.2. The summed E-state index contributed by atoms with van der Waals surface area (Å²) >= 11 is 0. The Balaban J connectivity index is 0.000000192. The standard InChI is InChI=1S/2C33H34O2P.Fe/c2*1-36-30(22-26-14-6-2-7-15-26)32(34-24-28-18-10-4-11-19-28)33(35-25-29-20-12-5-13-21-29)31(36)23-27-16-8-3-9-17-27;/h2*2-21,30-33H,1,22-25H2;/q2*-1;+2. The van der Waals surface area contributed by atoms with Crippen LogP contribution in [0.5, 0.6) is 0 Å². The van der Waals surface area contributed by atoms with Gasteiger partial charge in [-0.1, -0.05) is 243 Å². The van der Waals surface area contributed by atoms with Gasteiger partial charge in [-0.25, -0.2) is 0 Å². The summed E-state index contributed by atoms with van der Waals surface area (Å²) in [7, 11) is -1.16. The van der Waals surface area contributed by atoms with Crippen molar-refractivity contribution in [3.05, 3.63) is 300 Å². The molecule has 0 radical (unpaired) electrons. The van der Waals surface area contributed by atoms with Crippen LogP contribution < -0.4 is 0 Å². The molecule has 2 heterocycles. The van der Waals surface area contributed by atoms with Gasteiger partial charge in [-0.05, 0) is 92.8 Å². The van der Waals surface area contributed by atoms with Crippen LogP contribution in [-0.2, 0) is 88.1 Å². The quantitative estimate of drug-likeness (QED) is 0.0433. The molecule has 2 saturated heterocycles. The predicted molar refractivity (Wildman–Crippen MR) is 300 cm³/mol.